The lowest BCUT2D eigenvalue weighted by atomic mass is 10.1. The Hall–Kier alpha value is -3.51. The average Bonchev–Trinajstić information content (AvgIpc) is 3.29. The largest absolute Gasteiger partial charge is 0.339 e. The van der Waals surface area contributed by atoms with Crippen molar-refractivity contribution in [1.82, 2.24) is 20.0 Å². The SMILES string of the molecule is O=C(c1ccccc1Cl)N(CCc1ccccc1)CCc1nc(-c2ccncc2)no1. The van der Waals surface area contributed by atoms with Crippen molar-refractivity contribution in [3.05, 3.63) is 101 Å². The summed E-state index contributed by atoms with van der Waals surface area (Å²) in [7, 11) is 0. The van der Waals surface area contributed by atoms with Gasteiger partial charge in [-0.15, -0.1) is 0 Å². The van der Waals surface area contributed by atoms with Crippen LogP contribution >= 0.6 is 11.6 Å². The minimum Gasteiger partial charge on any atom is -0.339 e. The predicted octanol–water partition coefficient (Wildman–Crippen LogP) is 4.71. The lowest BCUT2D eigenvalue weighted by Crippen LogP contribution is -2.35. The minimum atomic E-state index is -0.115. The third-order valence-electron chi connectivity index (χ3n) is 4.91. The normalized spacial score (nSPS) is 10.7. The highest BCUT2D eigenvalue weighted by molar-refractivity contribution is 6.33. The molecule has 0 N–H and O–H groups in total. The molecular weight excluding hydrogens is 412 g/mol. The molecule has 0 spiro atoms. The summed E-state index contributed by atoms with van der Waals surface area (Å²) in [5.41, 5.74) is 2.48. The van der Waals surface area contributed by atoms with Gasteiger partial charge in [0.1, 0.15) is 0 Å². The van der Waals surface area contributed by atoms with E-state index in [9.17, 15) is 4.79 Å². The van der Waals surface area contributed by atoms with E-state index in [2.05, 4.69) is 27.3 Å². The van der Waals surface area contributed by atoms with Crippen molar-refractivity contribution in [3.63, 3.8) is 0 Å². The third kappa shape index (κ3) is 5.35. The molecule has 0 radical (unpaired) electrons. The third-order valence-corrected chi connectivity index (χ3v) is 5.24. The Balaban J connectivity index is 1.48. The molecule has 6 nitrogen and oxygen atoms in total. The number of halogens is 1. The van der Waals surface area contributed by atoms with Gasteiger partial charge in [0.2, 0.25) is 11.7 Å². The van der Waals surface area contributed by atoms with Gasteiger partial charge in [0.15, 0.2) is 0 Å². The second kappa shape index (κ2) is 10.00. The van der Waals surface area contributed by atoms with Crippen LogP contribution in [0.25, 0.3) is 11.4 Å². The van der Waals surface area contributed by atoms with Crippen LogP contribution in [0.5, 0.6) is 0 Å². The second-order valence-electron chi connectivity index (χ2n) is 7.01. The monoisotopic (exact) mass is 432 g/mol. The highest BCUT2D eigenvalue weighted by Gasteiger charge is 2.19. The Labute approximate surface area is 185 Å². The fourth-order valence-corrected chi connectivity index (χ4v) is 3.45. The first-order valence-corrected chi connectivity index (χ1v) is 10.4. The molecule has 4 rings (SSSR count). The number of carbonyl (C=O) groups excluding carboxylic acids is 1. The molecule has 2 aromatic heterocycles. The summed E-state index contributed by atoms with van der Waals surface area (Å²) in [6, 6.07) is 20.8. The number of rotatable bonds is 8. The molecule has 0 bridgehead atoms. The van der Waals surface area contributed by atoms with Crippen LogP contribution in [-0.4, -0.2) is 39.0 Å². The summed E-state index contributed by atoms with van der Waals surface area (Å²) in [6.07, 6.45) is 4.55. The quantitative estimate of drug-likeness (QED) is 0.403. The van der Waals surface area contributed by atoms with Crippen LogP contribution < -0.4 is 0 Å². The maximum Gasteiger partial charge on any atom is 0.255 e. The summed E-state index contributed by atoms with van der Waals surface area (Å²) in [6.45, 7) is 0.994. The molecule has 2 aromatic carbocycles. The van der Waals surface area contributed by atoms with E-state index in [1.807, 2.05) is 42.5 Å². The molecule has 7 heteroatoms. The van der Waals surface area contributed by atoms with Gasteiger partial charge in [-0.2, -0.15) is 4.98 Å². The maximum absolute atomic E-state index is 13.2. The summed E-state index contributed by atoms with van der Waals surface area (Å²) < 4.78 is 5.40. The fraction of sp³-hybridized carbons (Fsp3) is 0.167. The van der Waals surface area contributed by atoms with Gasteiger partial charge >= 0.3 is 0 Å². The van der Waals surface area contributed by atoms with Crippen LogP contribution in [0.3, 0.4) is 0 Å². The molecule has 4 aromatic rings. The number of pyridine rings is 1. The smallest absolute Gasteiger partial charge is 0.255 e. The first-order valence-electron chi connectivity index (χ1n) is 10.0. The topological polar surface area (TPSA) is 72.1 Å². The molecular formula is C24H21ClN4O2. The van der Waals surface area contributed by atoms with E-state index >= 15 is 0 Å². The number of benzene rings is 2. The zero-order valence-electron chi connectivity index (χ0n) is 16.8. The van der Waals surface area contributed by atoms with Crippen LogP contribution in [0.2, 0.25) is 5.02 Å². The molecule has 0 saturated heterocycles. The van der Waals surface area contributed by atoms with Crippen LogP contribution in [0.4, 0.5) is 0 Å². The van der Waals surface area contributed by atoms with E-state index in [-0.39, 0.29) is 5.91 Å². The summed E-state index contributed by atoms with van der Waals surface area (Å²) in [4.78, 5) is 23.4. The van der Waals surface area contributed by atoms with Crippen LogP contribution in [0.15, 0.2) is 83.6 Å². The average molecular weight is 433 g/mol. The second-order valence-corrected chi connectivity index (χ2v) is 7.41. The molecule has 0 saturated carbocycles. The van der Waals surface area contributed by atoms with Crippen molar-refractivity contribution in [2.24, 2.45) is 0 Å². The van der Waals surface area contributed by atoms with Crippen LogP contribution in [-0.2, 0) is 12.8 Å². The van der Waals surface area contributed by atoms with Crippen molar-refractivity contribution >= 4 is 17.5 Å². The first-order chi connectivity index (χ1) is 15.2. The van der Waals surface area contributed by atoms with Gasteiger partial charge in [0.25, 0.3) is 5.91 Å². The van der Waals surface area contributed by atoms with Crippen molar-refractivity contribution < 1.29 is 9.32 Å². The van der Waals surface area contributed by atoms with Gasteiger partial charge < -0.3 is 9.42 Å². The van der Waals surface area contributed by atoms with E-state index in [0.29, 0.717) is 41.8 Å². The molecule has 1 amide bonds. The zero-order chi connectivity index (χ0) is 21.5. The molecule has 0 fully saturated rings. The van der Waals surface area contributed by atoms with Gasteiger partial charge in [-0.25, -0.2) is 0 Å². The molecule has 31 heavy (non-hydrogen) atoms. The number of aromatic nitrogens is 3. The van der Waals surface area contributed by atoms with Gasteiger partial charge in [0, 0.05) is 37.5 Å². The summed E-state index contributed by atoms with van der Waals surface area (Å²) in [5.74, 6) is 0.865. The maximum atomic E-state index is 13.2. The Morgan fingerprint density at radius 3 is 2.39 bits per heavy atom. The lowest BCUT2D eigenvalue weighted by Gasteiger charge is -2.23. The summed E-state index contributed by atoms with van der Waals surface area (Å²) >= 11 is 6.28. The molecule has 0 aliphatic rings. The first kappa shape index (κ1) is 20.8. The Kier molecular flexibility index (Phi) is 6.69. The number of carbonyl (C=O) groups is 1. The van der Waals surface area contributed by atoms with E-state index in [0.717, 1.165) is 17.5 Å². The van der Waals surface area contributed by atoms with Crippen molar-refractivity contribution in [3.8, 4) is 11.4 Å². The Morgan fingerprint density at radius 1 is 0.903 bits per heavy atom. The highest BCUT2D eigenvalue weighted by Crippen LogP contribution is 2.19. The number of hydrogen-bond donors (Lipinski definition) is 0. The van der Waals surface area contributed by atoms with E-state index in [1.165, 1.54) is 0 Å². The zero-order valence-corrected chi connectivity index (χ0v) is 17.6. The number of nitrogens with zero attached hydrogens (tertiary/aromatic N) is 4. The Morgan fingerprint density at radius 2 is 1.61 bits per heavy atom. The highest BCUT2D eigenvalue weighted by atomic mass is 35.5. The van der Waals surface area contributed by atoms with E-state index in [4.69, 9.17) is 16.1 Å². The molecule has 0 aliphatic heterocycles. The van der Waals surface area contributed by atoms with Crippen molar-refractivity contribution in [2.75, 3.05) is 13.1 Å². The Bertz CT molecular complexity index is 1130. The van der Waals surface area contributed by atoms with Crippen LogP contribution in [0, 0.1) is 0 Å². The standard InChI is InChI=1S/C24H21ClN4O2/c25-21-9-5-4-8-20(21)24(30)29(16-12-18-6-2-1-3-7-18)17-13-22-27-23(28-31-22)19-10-14-26-15-11-19/h1-11,14-15H,12-13,16-17H2. The van der Waals surface area contributed by atoms with Gasteiger partial charge in [0.05, 0.1) is 10.6 Å². The van der Waals surface area contributed by atoms with Gasteiger partial charge in [-0.05, 0) is 36.2 Å². The van der Waals surface area contributed by atoms with E-state index in [1.54, 1.807) is 29.4 Å². The van der Waals surface area contributed by atoms with Gasteiger partial charge in [-0.3, -0.25) is 9.78 Å². The van der Waals surface area contributed by atoms with Crippen LogP contribution in [0.1, 0.15) is 21.8 Å². The molecule has 0 unspecified atom stereocenters. The molecule has 2 heterocycles. The van der Waals surface area contributed by atoms with Gasteiger partial charge in [-0.1, -0.05) is 59.2 Å². The fourth-order valence-electron chi connectivity index (χ4n) is 3.23. The van der Waals surface area contributed by atoms with E-state index < -0.39 is 0 Å². The minimum absolute atomic E-state index is 0.115. The number of amides is 1. The molecule has 0 aliphatic carbocycles. The van der Waals surface area contributed by atoms with Crippen molar-refractivity contribution in [2.45, 2.75) is 12.8 Å². The predicted molar refractivity (Wildman–Crippen MR) is 119 cm³/mol. The lowest BCUT2D eigenvalue weighted by molar-refractivity contribution is 0.0756. The van der Waals surface area contributed by atoms with Crippen molar-refractivity contribution in [1.29, 1.82) is 0 Å². The summed E-state index contributed by atoms with van der Waals surface area (Å²) in [5, 5.41) is 4.48. The molecule has 0 atom stereocenters. The molecule has 156 valence electrons. The number of hydrogen-bond acceptors (Lipinski definition) is 5.